The molecule has 0 saturated heterocycles. The van der Waals surface area contributed by atoms with Crippen LogP contribution in [0.25, 0.3) is 106 Å². The Labute approximate surface area is 322 Å². The molecule has 11 rings (SSSR count). The zero-order valence-electron chi connectivity index (χ0n) is 30.2. The van der Waals surface area contributed by atoms with Crippen molar-refractivity contribution in [1.29, 1.82) is 0 Å². The van der Waals surface area contributed by atoms with Crippen LogP contribution < -0.4 is 0 Å². The van der Waals surface area contributed by atoms with Gasteiger partial charge in [0.2, 0.25) is 0 Å². The fourth-order valence-electron chi connectivity index (χ4n) is 8.06. The predicted octanol–water partition coefficient (Wildman–Crippen LogP) is 13.2. The second kappa shape index (κ2) is 13.0. The lowest BCUT2D eigenvalue weighted by Crippen LogP contribution is -2.02. The van der Waals surface area contributed by atoms with Gasteiger partial charge in [0.1, 0.15) is 11.2 Å². The van der Waals surface area contributed by atoms with E-state index in [1.807, 2.05) is 66.7 Å². The van der Waals surface area contributed by atoms with Gasteiger partial charge in [-0.3, -0.25) is 0 Å². The van der Waals surface area contributed by atoms with Gasteiger partial charge in [0.15, 0.2) is 17.5 Å². The Morgan fingerprint density at radius 2 is 0.911 bits per heavy atom. The summed E-state index contributed by atoms with van der Waals surface area (Å²) in [5, 5.41) is 4.43. The minimum absolute atomic E-state index is 0.614. The summed E-state index contributed by atoms with van der Waals surface area (Å²) in [4.78, 5) is 15.3. The molecule has 0 aliphatic heterocycles. The Morgan fingerprint density at radius 3 is 1.62 bits per heavy atom. The number of fused-ring (bicyclic) bond motifs is 6. The van der Waals surface area contributed by atoms with Crippen LogP contribution in [0.15, 0.2) is 199 Å². The van der Waals surface area contributed by atoms with Crippen LogP contribution in [0, 0.1) is 0 Å². The van der Waals surface area contributed by atoms with Gasteiger partial charge in [-0.1, -0.05) is 158 Å². The summed E-state index contributed by atoms with van der Waals surface area (Å²) >= 11 is 0. The standard InChI is InChI=1S/C51H32N4O/c1-4-14-33(15-5-1)34-26-28-35(29-27-34)39-21-13-25-46-47(39)43-32-38(30-31-45(43)56-46)55-44-24-11-10-20-40(44)41-22-12-23-42(48(41)55)51-53-49(36-16-6-2-7-17-36)52-50(54-51)37-18-8-3-9-19-37/h1-32H. The highest BCUT2D eigenvalue weighted by atomic mass is 16.3. The molecule has 5 nitrogen and oxygen atoms in total. The Morgan fingerprint density at radius 1 is 0.357 bits per heavy atom. The van der Waals surface area contributed by atoms with Crippen molar-refractivity contribution in [2.24, 2.45) is 0 Å². The Bertz CT molecular complexity index is 3160. The molecule has 5 heteroatoms. The molecule has 262 valence electrons. The van der Waals surface area contributed by atoms with Gasteiger partial charge in [0, 0.05) is 43.9 Å². The Balaban J connectivity index is 1.14. The van der Waals surface area contributed by atoms with E-state index in [-0.39, 0.29) is 0 Å². The fraction of sp³-hybridized carbons (Fsp3) is 0. The summed E-state index contributed by atoms with van der Waals surface area (Å²) in [6.07, 6.45) is 0. The number of aromatic nitrogens is 4. The van der Waals surface area contributed by atoms with Crippen molar-refractivity contribution in [3.63, 3.8) is 0 Å². The first kappa shape index (κ1) is 31.9. The summed E-state index contributed by atoms with van der Waals surface area (Å²) in [6.45, 7) is 0. The number of benzene rings is 8. The van der Waals surface area contributed by atoms with Gasteiger partial charge < -0.3 is 8.98 Å². The fourth-order valence-corrected chi connectivity index (χ4v) is 8.06. The molecule has 3 heterocycles. The lowest BCUT2D eigenvalue weighted by Gasteiger charge is -2.13. The molecule has 0 amide bonds. The lowest BCUT2D eigenvalue weighted by atomic mass is 9.97. The first-order valence-electron chi connectivity index (χ1n) is 18.8. The largest absolute Gasteiger partial charge is 0.456 e. The summed E-state index contributed by atoms with van der Waals surface area (Å²) in [6, 6.07) is 67.4. The molecule has 0 aliphatic rings. The van der Waals surface area contributed by atoms with E-state index in [2.05, 4.69) is 132 Å². The highest BCUT2D eigenvalue weighted by Gasteiger charge is 2.21. The molecule has 0 aliphatic carbocycles. The summed E-state index contributed by atoms with van der Waals surface area (Å²) in [7, 11) is 0. The summed E-state index contributed by atoms with van der Waals surface area (Å²) in [5.74, 6) is 1.87. The molecule has 0 fully saturated rings. The molecule has 0 bridgehead atoms. The van der Waals surface area contributed by atoms with Crippen molar-refractivity contribution >= 4 is 43.7 Å². The molecule has 0 radical (unpaired) electrons. The van der Waals surface area contributed by atoms with Crippen molar-refractivity contribution < 1.29 is 4.42 Å². The van der Waals surface area contributed by atoms with Crippen LogP contribution in [-0.2, 0) is 0 Å². The minimum atomic E-state index is 0.614. The summed E-state index contributed by atoms with van der Waals surface area (Å²) < 4.78 is 8.87. The molecule has 0 spiro atoms. The van der Waals surface area contributed by atoms with E-state index in [0.717, 1.165) is 77.2 Å². The molecule has 56 heavy (non-hydrogen) atoms. The molecular weight excluding hydrogens is 685 g/mol. The number of hydrogen-bond donors (Lipinski definition) is 0. The molecule has 0 unspecified atom stereocenters. The van der Waals surface area contributed by atoms with Gasteiger partial charge in [-0.2, -0.15) is 0 Å². The van der Waals surface area contributed by atoms with Crippen LogP contribution in [0.2, 0.25) is 0 Å². The van der Waals surface area contributed by atoms with E-state index in [9.17, 15) is 0 Å². The van der Waals surface area contributed by atoms with Crippen LogP contribution in [0.3, 0.4) is 0 Å². The monoisotopic (exact) mass is 716 g/mol. The van der Waals surface area contributed by atoms with Gasteiger partial charge in [0.25, 0.3) is 0 Å². The van der Waals surface area contributed by atoms with E-state index in [1.165, 1.54) is 11.1 Å². The van der Waals surface area contributed by atoms with Gasteiger partial charge in [-0.25, -0.2) is 15.0 Å². The van der Waals surface area contributed by atoms with E-state index in [1.54, 1.807) is 0 Å². The van der Waals surface area contributed by atoms with Crippen LogP contribution >= 0.6 is 0 Å². The summed E-state index contributed by atoms with van der Waals surface area (Å²) in [5.41, 5.74) is 12.3. The topological polar surface area (TPSA) is 56.7 Å². The smallest absolute Gasteiger partial charge is 0.166 e. The number of para-hydroxylation sites is 2. The highest BCUT2D eigenvalue weighted by molar-refractivity contribution is 6.15. The van der Waals surface area contributed by atoms with Crippen LogP contribution in [0.5, 0.6) is 0 Å². The highest BCUT2D eigenvalue weighted by Crippen LogP contribution is 2.41. The zero-order valence-corrected chi connectivity index (χ0v) is 30.2. The number of furan rings is 1. The minimum Gasteiger partial charge on any atom is -0.456 e. The third kappa shape index (κ3) is 5.29. The number of nitrogens with zero attached hydrogens (tertiary/aromatic N) is 4. The maximum absolute atomic E-state index is 6.52. The normalized spacial score (nSPS) is 11.6. The quantitative estimate of drug-likeness (QED) is 0.172. The van der Waals surface area contributed by atoms with Crippen molar-refractivity contribution in [2.45, 2.75) is 0 Å². The van der Waals surface area contributed by atoms with Crippen molar-refractivity contribution in [3.8, 4) is 62.1 Å². The molecule has 0 saturated carbocycles. The number of rotatable bonds is 6. The molecule has 3 aromatic heterocycles. The zero-order chi connectivity index (χ0) is 37.0. The van der Waals surface area contributed by atoms with E-state index >= 15 is 0 Å². The molecule has 8 aromatic carbocycles. The third-order valence-electron chi connectivity index (χ3n) is 10.7. The number of hydrogen-bond acceptors (Lipinski definition) is 4. The molecule has 0 atom stereocenters. The maximum Gasteiger partial charge on any atom is 0.166 e. The van der Waals surface area contributed by atoms with Crippen LogP contribution in [0.1, 0.15) is 0 Å². The first-order valence-corrected chi connectivity index (χ1v) is 18.8. The van der Waals surface area contributed by atoms with E-state index in [4.69, 9.17) is 19.4 Å². The van der Waals surface area contributed by atoms with Gasteiger partial charge >= 0.3 is 0 Å². The van der Waals surface area contributed by atoms with Gasteiger partial charge in [-0.15, -0.1) is 0 Å². The molecule has 0 N–H and O–H groups in total. The average Bonchev–Trinajstić information content (AvgIpc) is 3.83. The van der Waals surface area contributed by atoms with Crippen LogP contribution in [-0.4, -0.2) is 19.5 Å². The van der Waals surface area contributed by atoms with E-state index < -0.39 is 0 Å². The van der Waals surface area contributed by atoms with Crippen molar-refractivity contribution in [1.82, 2.24) is 19.5 Å². The molecule has 11 aromatic rings. The van der Waals surface area contributed by atoms with Gasteiger partial charge in [-0.05, 0) is 58.7 Å². The second-order valence-electron chi connectivity index (χ2n) is 14.0. The van der Waals surface area contributed by atoms with Crippen LogP contribution in [0.4, 0.5) is 0 Å². The average molecular weight is 717 g/mol. The Kier molecular flexibility index (Phi) is 7.42. The predicted molar refractivity (Wildman–Crippen MR) is 229 cm³/mol. The Hall–Kier alpha value is -7.63. The third-order valence-corrected chi connectivity index (χ3v) is 10.7. The second-order valence-corrected chi connectivity index (χ2v) is 14.0. The van der Waals surface area contributed by atoms with Crippen molar-refractivity contribution in [2.75, 3.05) is 0 Å². The molecular formula is C51H32N4O. The SMILES string of the molecule is c1ccc(-c2ccc(-c3cccc4oc5ccc(-n6c7ccccc7c7cccc(-c8nc(-c9ccccc9)nc(-c9ccccc9)n8)c76)cc5c34)cc2)cc1. The first-order chi connectivity index (χ1) is 27.8. The van der Waals surface area contributed by atoms with Gasteiger partial charge in [0.05, 0.1) is 11.0 Å². The van der Waals surface area contributed by atoms with Crippen molar-refractivity contribution in [3.05, 3.63) is 194 Å². The van der Waals surface area contributed by atoms with E-state index in [0.29, 0.717) is 17.5 Å². The maximum atomic E-state index is 6.52. The lowest BCUT2D eigenvalue weighted by molar-refractivity contribution is 0.669.